The number of hydrogen-bond donors (Lipinski definition) is 3. The second-order valence-electron chi connectivity index (χ2n) is 7.66. The summed E-state index contributed by atoms with van der Waals surface area (Å²) in [5, 5.41) is 17.8. The lowest BCUT2D eigenvalue weighted by molar-refractivity contribution is -0.147. The second-order valence-corrected chi connectivity index (χ2v) is 8.10. The molecule has 3 rings (SSSR count). The number of aromatic nitrogens is 3. The van der Waals surface area contributed by atoms with Crippen LogP contribution in [0.4, 0.5) is 0 Å². The number of aliphatic hydroxyl groups is 1. The van der Waals surface area contributed by atoms with Crippen molar-refractivity contribution >= 4 is 23.4 Å². The van der Waals surface area contributed by atoms with Gasteiger partial charge in [0.25, 0.3) is 5.91 Å². The van der Waals surface area contributed by atoms with Crippen molar-refractivity contribution in [2.75, 3.05) is 6.54 Å². The fraction of sp³-hybridized carbons (Fsp3) is 0.500. The number of likely N-dealkylation sites (tertiary alicyclic amines) is 1. The fourth-order valence-corrected chi connectivity index (χ4v) is 3.74. The number of nitrogens with one attached hydrogen (secondary N) is 1. The monoisotopic (exact) mass is 434 g/mol. The highest BCUT2D eigenvalue weighted by Crippen LogP contribution is 2.22. The molecule has 0 saturated carbocycles. The molecule has 0 spiro atoms. The van der Waals surface area contributed by atoms with Crippen LogP contribution in [0.15, 0.2) is 30.9 Å². The highest BCUT2D eigenvalue weighted by molar-refractivity contribution is 6.30. The van der Waals surface area contributed by atoms with E-state index in [9.17, 15) is 14.7 Å². The summed E-state index contributed by atoms with van der Waals surface area (Å²) in [4.78, 5) is 31.0. The van der Waals surface area contributed by atoms with Crippen LogP contribution in [-0.2, 0) is 16.1 Å². The van der Waals surface area contributed by atoms with Gasteiger partial charge in [-0.1, -0.05) is 31.9 Å². The van der Waals surface area contributed by atoms with Gasteiger partial charge >= 0.3 is 0 Å². The molecule has 1 aliphatic rings. The van der Waals surface area contributed by atoms with E-state index in [-0.39, 0.29) is 31.0 Å². The van der Waals surface area contributed by atoms with Crippen molar-refractivity contribution in [1.82, 2.24) is 25.0 Å². The molecular formula is C20H27ClN6O3. The van der Waals surface area contributed by atoms with Gasteiger partial charge in [0.15, 0.2) is 0 Å². The molecule has 1 aromatic carbocycles. The van der Waals surface area contributed by atoms with E-state index in [2.05, 4.69) is 15.4 Å². The summed E-state index contributed by atoms with van der Waals surface area (Å²) in [6.45, 7) is 4.14. The average molecular weight is 435 g/mol. The zero-order chi connectivity index (χ0) is 21.8. The molecule has 0 bridgehead atoms. The first-order valence-corrected chi connectivity index (χ1v) is 10.3. The molecule has 2 heterocycles. The first-order valence-electron chi connectivity index (χ1n) is 9.97. The molecule has 0 radical (unpaired) electrons. The number of aliphatic hydroxyl groups excluding tert-OH is 1. The number of hydrogen-bond acceptors (Lipinski definition) is 6. The third kappa shape index (κ3) is 4.80. The van der Waals surface area contributed by atoms with E-state index >= 15 is 0 Å². The van der Waals surface area contributed by atoms with Gasteiger partial charge in [-0.25, -0.2) is 9.67 Å². The number of benzene rings is 1. The topological polar surface area (TPSA) is 126 Å². The summed E-state index contributed by atoms with van der Waals surface area (Å²) in [5.74, 6) is -0.976. The van der Waals surface area contributed by atoms with Crippen LogP contribution >= 0.6 is 11.6 Å². The van der Waals surface area contributed by atoms with Crippen LogP contribution in [0.25, 0.3) is 5.69 Å². The van der Waals surface area contributed by atoms with Crippen molar-refractivity contribution in [3.8, 4) is 5.69 Å². The molecular weight excluding hydrogens is 408 g/mol. The highest BCUT2D eigenvalue weighted by Gasteiger charge is 2.40. The predicted molar refractivity (Wildman–Crippen MR) is 112 cm³/mol. The molecule has 4 N–H and O–H groups in total. The molecule has 4 atom stereocenters. The molecule has 1 aromatic heterocycles. The standard InChI is InChI=1S/C20H27ClN6O3/c1-3-12(2)18(28)20(30)26-9-15(22)7-17(26)19(29)24-8-13-6-14(21)4-5-16(13)27-11-23-10-25-27/h4-6,10-12,15,17-18,28H,3,7-9,22H2,1-2H3,(H,24,29)/t12-,15+,17?,18-/m1/s1. The molecule has 0 aliphatic carbocycles. The molecule has 10 heteroatoms. The molecule has 1 fully saturated rings. The predicted octanol–water partition coefficient (Wildman–Crippen LogP) is 0.872. The van der Waals surface area contributed by atoms with Crippen molar-refractivity contribution in [1.29, 1.82) is 0 Å². The summed E-state index contributed by atoms with van der Waals surface area (Å²) in [7, 11) is 0. The number of halogens is 1. The van der Waals surface area contributed by atoms with Crippen LogP contribution in [0.2, 0.25) is 5.02 Å². The van der Waals surface area contributed by atoms with E-state index < -0.39 is 18.1 Å². The van der Waals surface area contributed by atoms with Crippen LogP contribution in [0.1, 0.15) is 32.3 Å². The number of carbonyl (C=O) groups excluding carboxylic acids is 2. The van der Waals surface area contributed by atoms with E-state index in [1.165, 1.54) is 11.2 Å². The van der Waals surface area contributed by atoms with E-state index in [0.717, 1.165) is 11.3 Å². The Hall–Kier alpha value is -2.49. The fourth-order valence-electron chi connectivity index (χ4n) is 3.55. The smallest absolute Gasteiger partial charge is 0.252 e. The third-order valence-electron chi connectivity index (χ3n) is 5.52. The first kappa shape index (κ1) is 22.2. The van der Waals surface area contributed by atoms with E-state index in [0.29, 0.717) is 17.9 Å². The normalized spacial score (nSPS) is 20.8. The molecule has 2 aromatic rings. The van der Waals surface area contributed by atoms with Gasteiger partial charge in [-0.15, -0.1) is 0 Å². The number of nitrogens with two attached hydrogens (primary N) is 1. The Balaban J connectivity index is 1.73. The van der Waals surface area contributed by atoms with E-state index in [1.807, 2.05) is 6.92 Å². The number of amides is 2. The lowest BCUT2D eigenvalue weighted by atomic mass is 10.0. The van der Waals surface area contributed by atoms with Gasteiger partial charge in [0.05, 0.1) is 5.69 Å². The minimum Gasteiger partial charge on any atom is -0.383 e. The summed E-state index contributed by atoms with van der Waals surface area (Å²) in [6, 6.07) is 4.24. The Bertz CT molecular complexity index is 891. The lowest BCUT2D eigenvalue weighted by Gasteiger charge is -2.28. The van der Waals surface area contributed by atoms with E-state index in [1.54, 1.807) is 36.1 Å². The van der Waals surface area contributed by atoms with Crippen molar-refractivity contribution in [2.24, 2.45) is 11.7 Å². The van der Waals surface area contributed by atoms with Crippen LogP contribution in [0, 0.1) is 5.92 Å². The zero-order valence-electron chi connectivity index (χ0n) is 17.0. The van der Waals surface area contributed by atoms with Crippen LogP contribution in [0.3, 0.4) is 0 Å². The first-order chi connectivity index (χ1) is 14.3. The highest BCUT2D eigenvalue weighted by atomic mass is 35.5. The maximum atomic E-state index is 12.9. The van der Waals surface area contributed by atoms with Gasteiger partial charge in [-0.3, -0.25) is 9.59 Å². The van der Waals surface area contributed by atoms with Gasteiger partial charge < -0.3 is 21.1 Å². The Kier molecular flexibility index (Phi) is 7.06. The van der Waals surface area contributed by atoms with Crippen LogP contribution in [-0.4, -0.2) is 61.3 Å². The summed E-state index contributed by atoms with van der Waals surface area (Å²) in [5.41, 5.74) is 7.51. The number of nitrogens with zero attached hydrogens (tertiary/aromatic N) is 4. The maximum absolute atomic E-state index is 12.9. The van der Waals surface area contributed by atoms with Gasteiger partial charge in [0.2, 0.25) is 5.91 Å². The summed E-state index contributed by atoms with van der Waals surface area (Å²) >= 11 is 6.13. The quantitative estimate of drug-likeness (QED) is 0.593. The molecule has 162 valence electrons. The van der Waals surface area contributed by atoms with Crippen molar-refractivity contribution in [2.45, 2.75) is 51.4 Å². The molecule has 30 heavy (non-hydrogen) atoms. The Labute approximate surface area is 180 Å². The molecule has 1 aliphatic heterocycles. The number of carbonyl (C=O) groups is 2. The third-order valence-corrected chi connectivity index (χ3v) is 5.75. The van der Waals surface area contributed by atoms with Gasteiger partial charge in [0, 0.05) is 24.2 Å². The van der Waals surface area contributed by atoms with Crippen LogP contribution in [0.5, 0.6) is 0 Å². The maximum Gasteiger partial charge on any atom is 0.252 e. The van der Waals surface area contributed by atoms with Crippen molar-refractivity contribution < 1.29 is 14.7 Å². The SMILES string of the molecule is CC[C@@H](C)[C@@H](O)C(=O)N1C[C@@H](N)CC1C(=O)NCc1cc(Cl)ccc1-n1cncn1. The van der Waals surface area contributed by atoms with Gasteiger partial charge in [-0.05, 0) is 36.1 Å². The zero-order valence-corrected chi connectivity index (χ0v) is 17.8. The molecule has 9 nitrogen and oxygen atoms in total. The number of rotatable bonds is 7. The summed E-state index contributed by atoms with van der Waals surface area (Å²) in [6.07, 6.45) is 2.83. The minimum absolute atomic E-state index is 0.191. The van der Waals surface area contributed by atoms with Crippen molar-refractivity contribution in [3.05, 3.63) is 41.4 Å². The Morgan fingerprint density at radius 3 is 2.87 bits per heavy atom. The molecule has 1 unspecified atom stereocenters. The van der Waals surface area contributed by atoms with Gasteiger partial charge in [0.1, 0.15) is 24.8 Å². The average Bonchev–Trinajstić information content (AvgIpc) is 3.40. The molecule has 2 amide bonds. The lowest BCUT2D eigenvalue weighted by Crippen LogP contribution is -2.50. The van der Waals surface area contributed by atoms with Crippen molar-refractivity contribution in [3.63, 3.8) is 0 Å². The van der Waals surface area contributed by atoms with E-state index in [4.69, 9.17) is 17.3 Å². The second kappa shape index (κ2) is 9.55. The largest absolute Gasteiger partial charge is 0.383 e. The molecule has 1 saturated heterocycles. The summed E-state index contributed by atoms with van der Waals surface area (Å²) < 4.78 is 1.58. The minimum atomic E-state index is -1.15. The Morgan fingerprint density at radius 1 is 1.43 bits per heavy atom. The Morgan fingerprint density at radius 2 is 2.20 bits per heavy atom. The van der Waals surface area contributed by atoms with Crippen LogP contribution < -0.4 is 11.1 Å². The van der Waals surface area contributed by atoms with Gasteiger partial charge in [-0.2, -0.15) is 5.10 Å².